The summed E-state index contributed by atoms with van der Waals surface area (Å²) in [4.78, 5) is 0. The van der Waals surface area contributed by atoms with Crippen molar-refractivity contribution in [1.82, 2.24) is 0 Å². The zero-order valence-electron chi connectivity index (χ0n) is 10.7. The Labute approximate surface area is 108 Å². The highest BCUT2D eigenvalue weighted by atomic mass is 16.5. The monoisotopic (exact) mass is 245 g/mol. The maximum absolute atomic E-state index is 6.02. The lowest BCUT2D eigenvalue weighted by Crippen LogP contribution is -2.27. The van der Waals surface area contributed by atoms with E-state index >= 15 is 0 Å². The van der Waals surface area contributed by atoms with Crippen LogP contribution >= 0.6 is 0 Å². The molecule has 0 aliphatic carbocycles. The summed E-state index contributed by atoms with van der Waals surface area (Å²) in [5.74, 6) is 0.771. The van der Waals surface area contributed by atoms with Crippen LogP contribution in [0.15, 0.2) is 53.1 Å². The van der Waals surface area contributed by atoms with Gasteiger partial charge in [0.1, 0.15) is 11.9 Å². The van der Waals surface area contributed by atoms with Crippen LogP contribution in [0, 0.1) is 0 Å². The van der Waals surface area contributed by atoms with E-state index in [-0.39, 0.29) is 18.2 Å². The lowest BCUT2D eigenvalue weighted by atomic mass is 10.1. The van der Waals surface area contributed by atoms with Crippen molar-refractivity contribution >= 4 is 0 Å². The summed E-state index contributed by atoms with van der Waals surface area (Å²) < 4.78 is 11.4. The molecule has 3 atom stereocenters. The molecule has 1 aromatic heterocycles. The number of hydrogen-bond donors (Lipinski definition) is 1. The van der Waals surface area contributed by atoms with Crippen LogP contribution in [0.2, 0.25) is 0 Å². The summed E-state index contributed by atoms with van der Waals surface area (Å²) in [7, 11) is 0. The maximum Gasteiger partial charge on any atom is 0.134 e. The Kier molecular flexibility index (Phi) is 4.18. The first-order valence-corrected chi connectivity index (χ1v) is 6.18. The Hall–Kier alpha value is -1.58. The highest BCUT2D eigenvalue weighted by Gasteiger charge is 2.22. The minimum atomic E-state index is -0.227. The van der Waals surface area contributed by atoms with Gasteiger partial charge in [-0.05, 0) is 31.5 Å². The Balaban J connectivity index is 2.11. The van der Waals surface area contributed by atoms with Crippen molar-refractivity contribution in [2.24, 2.45) is 5.73 Å². The average molecular weight is 245 g/mol. The largest absolute Gasteiger partial charge is 0.467 e. The van der Waals surface area contributed by atoms with Gasteiger partial charge in [0.15, 0.2) is 0 Å². The van der Waals surface area contributed by atoms with Gasteiger partial charge in [0.25, 0.3) is 0 Å². The SMILES string of the molecule is CC(OC(c1ccco1)C(C)N)c1ccccc1. The summed E-state index contributed by atoms with van der Waals surface area (Å²) in [6, 6.07) is 13.7. The number of benzene rings is 1. The van der Waals surface area contributed by atoms with Crippen molar-refractivity contribution in [2.45, 2.75) is 32.1 Å². The smallest absolute Gasteiger partial charge is 0.134 e. The molecule has 0 fully saturated rings. The first-order chi connectivity index (χ1) is 8.68. The van der Waals surface area contributed by atoms with Crippen LogP contribution in [0.5, 0.6) is 0 Å². The van der Waals surface area contributed by atoms with E-state index in [4.69, 9.17) is 14.9 Å². The Morgan fingerprint density at radius 2 is 1.78 bits per heavy atom. The van der Waals surface area contributed by atoms with E-state index in [0.717, 1.165) is 11.3 Å². The van der Waals surface area contributed by atoms with E-state index in [1.165, 1.54) is 0 Å². The fraction of sp³-hybridized carbons (Fsp3) is 0.333. The first-order valence-electron chi connectivity index (χ1n) is 6.18. The highest BCUT2D eigenvalue weighted by Crippen LogP contribution is 2.28. The summed E-state index contributed by atoms with van der Waals surface area (Å²) in [6.07, 6.45) is 1.39. The van der Waals surface area contributed by atoms with Crippen LogP contribution in [-0.4, -0.2) is 6.04 Å². The first kappa shape index (κ1) is 12.9. The summed E-state index contributed by atoms with van der Waals surface area (Å²) in [5.41, 5.74) is 7.10. The van der Waals surface area contributed by atoms with Crippen LogP contribution in [0.3, 0.4) is 0 Å². The van der Waals surface area contributed by atoms with E-state index in [2.05, 4.69) is 0 Å². The summed E-state index contributed by atoms with van der Waals surface area (Å²) in [6.45, 7) is 3.94. The molecule has 2 N–H and O–H groups in total. The topological polar surface area (TPSA) is 48.4 Å². The van der Waals surface area contributed by atoms with Gasteiger partial charge >= 0.3 is 0 Å². The molecule has 0 aliphatic rings. The molecular weight excluding hydrogens is 226 g/mol. The van der Waals surface area contributed by atoms with Crippen molar-refractivity contribution < 1.29 is 9.15 Å². The third-order valence-corrected chi connectivity index (χ3v) is 2.92. The van der Waals surface area contributed by atoms with Crippen LogP contribution in [-0.2, 0) is 4.74 Å². The lowest BCUT2D eigenvalue weighted by Gasteiger charge is -2.24. The summed E-state index contributed by atoms with van der Waals surface area (Å²) in [5, 5.41) is 0. The number of furan rings is 1. The molecule has 0 saturated heterocycles. The molecule has 96 valence electrons. The van der Waals surface area contributed by atoms with E-state index in [1.807, 2.05) is 56.3 Å². The highest BCUT2D eigenvalue weighted by molar-refractivity contribution is 5.17. The number of hydrogen-bond acceptors (Lipinski definition) is 3. The normalized spacial score (nSPS) is 16.2. The average Bonchev–Trinajstić information content (AvgIpc) is 2.90. The van der Waals surface area contributed by atoms with Crippen molar-refractivity contribution in [3.8, 4) is 0 Å². The summed E-state index contributed by atoms with van der Waals surface area (Å²) >= 11 is 0. The number of ether oxygens (including phenoxy) is 1. The zero-order valence-corrected chi connectivity index (χ0v) is 10.7. The lowest BCUT2D eigenvalue weighted by molar-refractivity contribution is -0.0274. The molecule has 0 bridgehead atoms. The maximum atomic E-state index is 6.02. The van der Waals surface area contributed by atoms with Crippen molar-refractivity contribution in [3.63, 3.8) is 0 Å². The molecule has 18 heavy (non-hydrogen) atoms. The number of rotatable bonds is 5. The van der Waals surface area contributed by atoms with Gasteiger partial charge in [-0.3, -0.25) is 0 Å². The minimum Gasteiger partial charge on any atom is -0.467 e. The van der Waals surface area contributed by atoms with Gasteiger partial charge in [0.2, 0.25) is 0 Å². The van der Waals surface area contributed by atoms with Crippen LogP contribution in [0.4, 0.5) is 0 Å². The van der Waals surface area contributed by atoms with Gasteiger partial charge in [0, 0.05) is 6.04 Å². The van der Waals surface area contributed by atoms with E-state index < -0.39 is 0 Å². The third kappa shape index (κ3) is 3.00. The predicted octanol–water partition coefficient (Wildman–Crippen LogP) is 3.45. The standard InChI is InChI=1S/C15H19NO2/c1-11(16)15(14-9-6-10-17-14)18-12(2)13-7-4-3-5-8-13/h3-12,15H,16H2,1-2H3. The minimum absolute atomic E-state index is 0.0210. The van der Waals surface area contributed by atoms with Crippen molar-refractivity contribution in [1.29, 1.82) is 0 Å². The second-order valence-corrected chi connectivity index (χ2v) is 4.48. The fourth-order valence-corrected chi connectivity index (χ4v) is 1.93. The molecule has 2 aromatic rings. The van der Waals surface area contributed by atoms with E-state index in [9.17, 15) is 0 Å². The molecule has 0 aliphatic heterocycles. The molecule has 3 unspecified atom stereocenters. The van der Waals surface area contributed by atoms with Gasteiger partial charge in [-0.1, -0.05) is 30.3 Å². The van der Waals surface area contributed by atoms with E-state index in [1.54, 1.807) is 6.26 Å². The van der Waals surface area contributed by atoms with Crippen molar-refractivity contribution in [3.05, 3.63) is 60.1 Å². The van der Waals surface area contributed by atoms with Crippen LogP contribution < -0.4 is 5.73 Å². The van der Waals surface area contributed by atoms with Gasteiger partial charge in [-0.15, -0.1) is 0 Å². The Morgan fingerprint density at radius 3 is 2.33 bits per heavy atom. The molecule has 0 amide bonds. The van der Waals surface area contributed by atoms with Gasteiger partial charge in [-0.25, -0.2) is 0 Å². The fourth-order valence-electron chi connectivity index (χ4n) is 1.93. The Morgan fingerprint density at radius 1 is 1.06 bits per heavy atom. The van der Waals surface area contributed by atoms with Crippen molar-refractivity contribution in [2.75, 3.05) is 0 Å². The molecule has 1 aromatic carbocycles. The molecule has 0 saturated carbocycles. The third-order valence-electron chi connectivity index (χ3n) is 2.92. The molecule has 1 heterocycles. The Bertz CT molecular complexity index is 451. The molecule has 3 nitrogen and oxygen atoms in total. The molecule has 3 heteroatoms. The second-order valence-electron chi connectivity index (χ2n) is 4.48. The van der Waals surface area contributed by atoms with Gasteiger partial charge in [0.05, 0.1) is 12.4 Å². The molecule has 2 rings (SSSR count). The van der Waals surface area contributed by atoms with Gasteiger partial charge in [-0.2, -0.15) is 0 Å². The predicted molar refractivity (Wildman–Crippen MR) is 71.0 cm³/mol. The van der Waals surface area contributed by atoms with E-state index in [0.29, 0.717) is 0 Å². The van der Waals surface area contributed by atoms with Crippen LogP contribution in [0.1, 0.15) is 37.4 Å². The van der Waals surface area contributed by atoms with Gasteiger partial charge < -0.3 is 14.9 Å². The number of nitrogens with two attached hydrogens (primary N) is 1. The molecular formula is C15H19NO2. The molecule has 0 radical (unpaired) electrons. The quantitative estimate of drug-likeness (QED) is 0.877. The van der Waals surface area contributed by atoms with Crippen LogP contribution in [0.25, 0.3) is 0 Å². The zero-order chi connectivity index (χ0) is 13.0. The molecule has 0 spiro atoms. The second kappa shape index (κ2) is 5.85.